The molecule has 0 aromatic heterocycles. The SMILES string of the molecule is CC.CC.CC.CC.Oc1ccc(C(c2ccc(-c3ccc(C(c4ccc(O)c(O)c4)c4ccc(O)c(O)c4)cc3)cc2)c2ccc(O)c(O)c2)cc1O.Oc1ccc(C(c2ccc(C(c3ccc(O)cc3O)c3ccc(O)cc3O)cc2)c2ccc(O)cc2O)c(O)c1.Oc1cccc(C(c2ccc(C(c3cccc(O)c3O)c3cccc(O)c3O)cc2)c2cccc(O)c2O)c1O. The van der Waals surface area contributed by atoms with Crippen LogP contribution in [0.4, 0.5) is 0 Å². The van der Waals surface area contributed by atoms with Crippen molar-refractivity contribution in [2.75, 3.05) is 0 Å². The maximum Gasteiger partial charge on any atom is 0.161 e. The van der Waals surface area contributed by atoms with Gasteiger partial charge in [0.25, 0.3) is 0 Å². The average molecular weight is 1810 g/mol. The standard InChI is InChI=1S/C38H30O8.2C32H26O8.4C2H6/c39-29-13-9-25(17-33(29)43)37(26-10-14-30(40)34(44)18-26)23-5-1-21(2-6-23)22-3-7-24(8-4-22)38(27-11-15-31(41)35(45)19-27)28-12-16-32(42)36(46)20-28;33-23-9-1-5-19(29(23)37)27(20-6-2-10-24(34)30(20)38)17-13-15-18(16-14-17)28(21-7-3-11-25(35)31(21)39)22-8-4-12-26(36)32(22)40;33-19-5-9-23(27(37)13-19)31(24-10-6-20(34)14-28(24)38)17-1-2-18(4-3-17)32(25-11-7-21(35)15-29(25)39)26-12-8-22(36)16-30(26)40;4*1-2/h1-20,37-46H;1-16,27-28,33-40H;1-16,31-40H;4*1-2H3. The van der Waals surface area contributed by atoms with Gasteiger partial charge >= 0.3 is 0 Å². The minimum absolute atomic E-state index is 0.129. The molecule has 0 amide bonds. The molecule has 16 aromatic carbocycles. The molecule has 0 saturated heterocycles. The first-order valence-corrected chi connectivity index (χ1v) is 43.0. The second kappa shape index (κ2) is 44.6. The van der Waals surface area contributed by atoms with Crippen LogP contribution in [0, 0.1) is 0 Å². The predicted molar refractivity (Wildman–Crippen MR) is 513 cm³/mol. The number of benzene rings is 16. The summed E-state index contributed by atoms with van der Waals surface area (Å²) >= 11 is 0. The first-order valence-electron chi connectivity index (χ1n) is 43.0. The van der Waals surface area contributed by atoms with Gasteiger partial charge in [0.2, 0.25) is 0 Å². The van der Waals surface area contributed by atoms with Crippen LogP contribution in [0.25, 0.3) is 11.1 Å². The minimum Gasteiger partial charge on any atom is -0.508 e. The summed E-state index contributed by atoms with van der Waals surface area (Å²) in [4.78, 5) is 0. The van der Waals surface area contributed by atoms with Crippen molar-refractivity contribution in [3.8, 4) is 149 Å². The van der Waals surface area contributed by atoms with Gasteiger partial charge in [0, 0.05) is 104 Å². The van der Waals surface area contributed by atoms with Gasteiger partial charge < -0.3 is 123 Å². The molecule has 0 heterocycles. The fraction of sp³-hybridized carbons (Fsp3) is 0.127. The molecule has 0 atom stereocenters. The predicted octanol–water partition coefficient (Wildman–Crippen LogP) is 22.8. The molecule has 16 aromatic rings. The summed E-state index contributed by atoms with van der Waals surface area (Å²) in [5, 5.41) is 246. The molecular formula is C110H106O24. The molecule has 0 spiro atoms. The molecule has 16 rings (SSSR count). The summed E-state index contributed by atoms with van der Waals surface area (Å²) in [6.07, 6.45) is 0. The van der Waals surface area contributed by atoms with Crippen LogP contribution in [0.1, 0.15) is 191 Å². The van der Waals surface area contributed by atoms with Crippen molar-refractivity contribution in [1.29, 1.82) is 0 Å². The molecule has 134 heavy (non-hydrogen) atoms. The third-order valence-corrected chi connectivity index (χ3v) is 22.1. The molecular weight excluding hydrogens is 1710 g/mol. The topological polar surface area (TPSA) is 486 Å². The van der Waals surface area contributed by atoms with Gasteiger partial charge in [-0.3, -0.25) is 0 Å². The van der Waals surface area contributed by atoms with Gasteiger partial charge in [0.15, 0.2) is 92.0 Å². The van der Waals surface area contributed by atoms with Crippen LogP contribution in [-0.2, 0) is 0 Å². The van der Waals surface area contributed by atoms with E-state index >= 15 is 0 Å². The van der Waals surface area contributed by atoms with E-state index in [9.17, 15) is 123 Å². The summed E-state index contributed by atoms with van der Waals surface area (Å²) < 4.78 is 0. The van der Waals surface area contributed by atoms with Crippen LogP contribution in [-0.4, -0.2) is 123 Å². The summed E-state index contributed by atoms with van der Waals surface area (Å²) in [6.45, 7) is 16.0. The van der Waals surface area contributed by atoms with E-state index in [1.165, 1.54) is 121 Å². The lowest BCUT2D eigenvalue weighted by atomic mass is 9.80. The Morgan fingerprint density at radius 1 is 0.127 bits per heavy atom. The Balaban J connectivity index is 0.000000201. The number of hydrogen-bond acceptors (Lipinski definition) is 24. The third-order valence-electron chi connectivity index (χ3n) is 22.1. The molecule has 24 heteroatoms. The van der Waals surface area contributed by atoms with Crippen molar-refractivity contribution >= 4 is 0 Å². The van der Waals surface area contributed by atoms with Crippen LogP contribution in [0.5, 0.6) is 138 Å². The highest BCUT2D eigenvalue weighted by Gasteiger charge is 2.32. The highest BCUT2D eigenvalue weighted by atomic mass is 16.3. The van der Waals surface area contributed by atoms with Crippen molar-refractivity contribution in [2.24, 2.45) is 0 Å². The molecule has 0 aliphatic carbocycles. The van der Waals surface area contributed by atoms with E-state index in [1.807, 2.05) is 104 Å². The van der Waals surface area contributed by atoms with E-state index in [0.29, 0.717) is 66.8 Å². The van der Waals surface area contributed by atoms with Crippen LogP contribution < -0.4 is 0 Å². The van der Waals surface area contributed by atoms with E-state index < -0.39 is 35.5 Å². The van der Waals surface area contributed by atoms with Crippen molar-refractivity contribution in [2.45, 2.75) is 90.9 Å². The van der Waals surface area contributed by atoms with E-state index in [2.05, 4.69) is 0 Å². The molecule has 0 saturated carbocycles. The quantitative estimate of drug-likeness (QED) is 0.0264. The summed E-state index contributed by atoms with van der Waals surface area (Å²) in [5.41, 5.74) is 11.3. The Bertz CT molecular complexity index is 5990. The third kappa shape index (κ3) is 22.2. The molecule has 0 radical (unpaired) electrons. The zero-order valence-electron chi connectivity index (χ0n) is 74.2. The monoisotopic (exact) mass is 1810 g/mol. The zero-order chi connectivity index (χ0) is 97.6. The lowest BCUT2D eigenvalue weighted by molar-refractivity contribution is 0.393. The Morgan fingerprint density at radius 2 is 0.299 bits per heavy atom. The fourth-order valence-electron chi connectivity index (χ4n) is 15.9. The summed E-state index contributed by atoms with van der Waals surface area (Å²) in [7, 11) is 0. The summed E-state index contributed by atoms with van der Waals surface area (Å²) in [6, 6.07) is 82.2. The first kappa shape index (κ1) is 98.9. The maximum atomic E-state index is 10.7. The molecule has 0 aliphatic heterocycles. The molecule has 0 fully saturated rings. The number of aromatic hydroxyl groups is 24. The van der Waals surface area contributed by atoms with Gasteiger partial charge in [0.1, 0.15) is 46.0 Å². The van der Waals surface area contributed by atoms with E-state index in [1.54, 1.807) is 146 Å². The Morgan fingerprint density at radius 3 is 0.485 bits per heavy atom. The maximum absolute atomic E-state index is 10.7. The highest BCUT2D eigenvalue weighted by molar-refractivity contribution is 5.68. The first-order chi connectivity index (χ1) is 64.4. The molecule has 0 aliphatic rings. The fourth-order valence-corrected chi connectivity index (χ4v) is 15.9. The number of hydrogen-bond donors (Lipinski definition) is 24. The van der Waals surface area contributed by atoms with E-state index in [0.717, 1.165) is 22.3 Å². The van der Waals surface area contributed by atoms with Gasteiger partial charge in [0.05, 0.1) is 0 Å². The zero-order valence-corrected chi connectivity index (χ0v) is 74.2. The summed E-state index contributed by atoms with van der Waals surface area (Å²) in [5.74, 6) is -10.2. The van der Waals surface area contributed by atoms with Gasteiger partial charge in [-0.2, -0.15) is 0 Å². The molecule has 24 N–H and O–H groups in total. The smallest absolute Gasteiger partial charge is 0.161 e. The highest BCUT2D eigenvalue weighted by Crippen LogP contribution is 2.52. The van der Waals surface area contributed by atoms with Crippen molar-refractivity contribution in [3.05, 3.63) is 416 Å². The van der Waals surface area contributed by atoms with Crippen LogP contribution in [0.15, 0.2) is 315 Å². The number of para-hydroxylation sites is 4. The lowest BCUT2D eigenvalue weighted by Crippen LogP contribution is -2.07. The Hall–Kier alpha value is -17.3. The number of phenols is 24. The molecule has 690 valence electrons. The van der Waals surface area contributed by atoms with Crippen LogP contribution in [0.2, 0.25) is 0 Å². The van der Waals surface area contributed by atoms with Gasteiger partial charge in [-0.25, -0.2) is 0 Å². The van der Waals surface area contributed by atoms with Crippen molar-refractivity contribution < 1.29 is 123 Å². The molecule has 0 unspecified atom stereocenters. The molecule has 24 nitrogen and oxygen atoms in total. The van der Waals surface area contributed by atoms with Gasteiger partial charge in [-0.05, 0) is 164 Å². The Labute approximate surface area is 773 Å². The second-order valence-electron chi connectivity index (χ2n) is 30.0. The van der Waals surface area contributed by atoms with Gasteiger partial charge in [-0.1, -0.05) is 250 Å². The minimum atomic E-state index is -0.810. The van der Waals surface area contributed by atoms with Gasteiger partial charge in [-0.15, -0.1) is 0 Å². The second-order valence-corrected chi connectivity index (χ2v) is 30.0. The van der Waals surface area contributed by atoms with Crippen LogP contribution >= 0.6 is 0 Å². The lowest BCUT2D eigenvalue weighted by Gasteiger charge is -2.24. The van der Waals surface area contributed by atoms with Crippen molar-refractivity contribution in [1.82, 2.24) is 0 Å². The van der Waals surface area contributed by atoms with Crippen LogP contribution in [0.3, 0.4) is 0 Å². The normalized spacial score (nSPS) is 10.8. The van der Waals surface area contributed by atoms with E-state index in [-0.39, 0.29) is 160 Å². The average Bonchev–Trinajstić information content (AvgIpc) is 0.756. The number of phenolic OH excluding ortho intramolecular Hbond substituents is 24. The Kier molecular flexibility index (Phi) is 32.9. The number of rotatable bonds is 19. The largest absolute Gasteiger partial charge is 0.508 e. The molecule has 0 bridgehead atoms. The van der Waals surface area contributed by atoms with E-state index in [4.69, 9.17) is 0 Å². The van der Waals surface area contributed by atoms with Crippen molar-refractivity contribution in [3.63, 3.8) is 0 Å².